The molecule has 1 atom stereocenters. The van der Waals surface area contributed by atoms with Crippen LogP contribution in [0.4, 0.5) is 4.79 Å². The first-order valence-corrected chi connectivity index (χ1v) is 8.32. The molecule has 1 rings (SSSR count). The Kier molecular flexibility index (Phi) is 7.42. The van der Waals surface area contributed by atoms with Crippen molar-refractivity contribution in [2.75, 3.05) is 0 Å². The zero-order valence-electron chi connectivity index (χ0n) is 15.7. The number of aromatic hydroxyl groups is 2. The van der Waals surface area contributed by atoms with E-state index in [0.717, 1.165) is 6.07 Å². The van der Waals surface area contributed by atoms with E-state index < -0.39 is 23.6 Å². The maximum absolute atomic E-state index is 12.3. The van der Waals surface area contributed by atoms with Crippen molar-refractivity contribution in [1.82, 2.24) is 10.7 Å². The molecule has 0 unspecified atom stereocenters. The molecular formula is C18H27N3O5. The fourth-order valence-corrected chi connectivity index (χ4v) is 2.04. The number of ether oxygens (including phenoxy) is 1. The van der Waals surface area contributed by atoms with Gasteiger partial charge >= 0.3 is 6.09 Å². The first-order chi connectivity index (χ1) is 12.0. The van der Waals surface area contributed by atoms with Gasteiger partial charge in [-0.2, -0.15) is 5.10 Å². The minimum Gasteiger partial charge on any atom is -0.508 e. The van der Waals surface area contributed by atoms with Crippen molar-refractivity contribution >= 4 is 18.2 Å². The molecule has 0 bridgehead atoms. The highest BCUT2D eigenvalue weighted by Crippen LogP contribution is 2.20. The zero-order valence-corrected chi connectivity index (χ0v) is 15.7. The van der Waals surface area contributed by atoms with E-state index in [1.165, 1.54) is 18.3 Å². The average Bonchev–Trinajstić information content (AvgIpc) is 2.46. The minimum absolute atomic E-state index is 0.0813. The van der Waals surface area contributed by atoms with Crippen LogP contribution in [0.1, 0.15) is 46.6 Å². The van der Waals surface area contributed by atoms with Crippen molar-refractivity contribution in [3.05, 3.63) is 23.8 Å². The Morgan fingerprint density at radius 3 is 2.46 bits per heavy atom. The van der Waals surface area contributed by atoms with Crippen molar-refractivity contribution in [3.63, 3.8) is 0 Å². The van der Waals surface area contributed by atoms with Crippen LogP contribution in [-0.4, -0.2) is 40.1 Å². The van der Waals surface area contributed by atoms with E-state index in [1.54, 1.807) is 20.8 Å². The lowest BCUT2D eigenvalue weighted by Crippen LogP contribution is -2.47. The highest BCUT2D eigenvalue weighted by molar-refractivity contribution is 5.88. The van der Waals surface area contributed by atoms with Gasteiger partial charge in [0.1, 0.15) is 23.1 Å². The Bertz CT molecular complexity index is 665. The number of hydrazone groups is 1. The molecule has 1 aromatic carbocycles. The Labute approximate surface area is 153 Å². The summed E-state index contributed by atoms with van der Waals surface area (Å²) in [6, 6.07) is 3.18. The Morgan fingerprint density at radius 2 is 1.92 bits per heavy atom. The molecule has 0 saturated heterocycles. The van der Waals surface area contributed by atoms with E-state index >= 15 is 0 Å². The molecule has 26 heavy (non-hydrogen) atoms. The topological polar surface area (TPSA) is 120 Å². The SMILES string of the molecule is CC(C)C[C@H](NC(=O)OC(C)(C)C)C(=O)N/N=C/c1ccc(O)cc1O. The van der Waals surface area contributed by atoms with Gasteiger partial charge in [-0.1, -0.05) is 13.8 Å². The van der Waals surface area contributed by atoms with Gasteiger partial charge in [-0.3, -0.25) is 4.79 Å². The predicted octanol–water partition coefficient (Wildman–Crippen LogP) is 2.49. The lowest BCUT2D eigenvalue weighted by Gasteiger charge is -2.23. The normalized spacial score (nSPS) is 12.8. The van der Waals surface area contributed by atoms with Gasteiger partial charge in [0.05, 0.1) is 6.21 Å². The molecule has 0 aromatic heterocycles. The molecule has 144 valence electrons. The lowest BCUT2D eigenvalue weighted by atomic mass is 10.0. The van der Waals surface area contributed by atoms with Gasteiger partial charge in [-0.05, 0) is 45.2 Å². The second-order valence-corrected chi connectivity index (χ2v) is 7.31. The van der Waals surface area contributed by atoms with Gasteiger partial charge in [0.25, 0.3) is 5.91 Å². The summed E-state index contributed by atoms with van der Waals surface area (Å²) in [5.74, 6) is -0.597. The summed E-state index contributed by atoms with van der Waals surface area (Å²) >= 11 is 0. The Hall–Kier alpha value is -2.77. The molecule has 4 N–H and O–H groups in total. The molecule has 0 aliphatic rings. The standard InChI is InChI=1S/C18H27N3O5/c1-11(2)8-14(20-17(25)26-18(3,4)5)16(24)21-19-10-12-6-7-13(22)9-15(12)23/h6-7,9-11,14,22-23H,8H2,1-5H3,(H,20,25)(H,21,24)/b19-10+/t14-/m0/s1. The van der Waals surface area contributed by atoms with E-state index in [4.69, 9.17) is 4.74 Å². The van der Waals surface area contributed by atoms with Gasteiger partial charge in [0.2, 0.25) is 0 Å². The van der Waals surface area contributed by atoms with Crippen LogP contribution in [0.25, 0.3) is 0 Å². The number of carbonyl (C=O) groups excluding carboxylic acids is 2. The lowest BCUT2D eigenvalue weighted by molar-refractivity contribution is -0.123. The summed E-state index contributed by atoms with van der Waals surface area (Å²) < 4.78 is 5.18. The number of nitrogens with zero attached hydrogens (tertiary/aromatic N) is 1. The molecule has 8 nitrogen and oxygen atoms in total. The predicted molar refractivity (Wildman–Crippen MR) is 98.1 cm³/mol. The quantitative estimate of drug-likeness (QED) is 0.456. The summed E-state index contributed by atoms with van der Waals surface area (Å²) in [7, 11) is 0. The second kappa shape index (κ2) is 9.07. The van der Waals surface area contributed by atoms with Crippen molar-refractivity contribution in [2.24, 2.45) is 11.0 Å². The van der Waals surface area contributed by atoms with Crippen molar-refractivity contribution < 1.29 is 24.5 Å². The number of hydrogen-bond donors (Lipinski definition) is 4. The number of nitrogens with one attached hydrogen (secondary N) is 2. The van der Waals surface area contributed by atoms with E-state index in [9.17, 15) is 19.8 Å². The van der Waals surface area contributed by atoms with E-state index in [-0.39, 0.29) is 17.4 Å². The minimum atomic E-state index is -0.810. The smallest absolute Gasteiger partial charge is 0.408 e. The third-order valence-corrected chi connectivity index (χ3v) is 3.11. The van der Waals surface area contributed by atoms with Crippen molar-refractivity contribution in [3.8, 4) is 11.5 Å². The Balaban J connectivity index is 2.73. The van der Waals surface area contributed by atoms with Crippen LogP contribution in [0.2, 0.25) is 0 Å². The number of alkyl carbamates (subject to hydrolysis) is 1. The fourth-order valence-electron chi connectivity index (χ4n) is 2.04. The second-order valence-electron chi connectivity index (χ2n) is 7.31. The van der Waals surface area contributed by atoms with Crippen molar-refractivity contribution in [1.29, 1.82) is 0 Å². The largest absolute Gasteiger partial charge is 0.508 e. The fraction of sp³-hybridized carbons (Fsp3) is 0.500. The van der Waals surface area contributed by atoms with Gasteiger partial charge in [-0.15, -0.1) is 0 Å². The third kappa shape index (κ3) is 7.87. The zero-order chi connectivity index (χ0) is 19.9. The highest BCUT2D eigenvalue weighted by atomic mass is 16.6. The number of carbonyl (C=O) groups is 2. The van der Waals surface area contributed by atoms with Crippen molar-refractivity contribution in [2.45, 2.75) is 52.7 Å². The average molecular weight is 365 g/mol. The van der Waals surface area contributed by atoms with Crippen LogP contribution in [-0.2, 0) is 9.53 Å². The number of rotatable bonds is 6. The Morgan fingerprint density at radius 1 is 1.27 bits per heavy atom. The first-order valence-electron chi connectivity index (χ1n) is 8.32. The molecule has 8 heteroatoms. The molecule has 2 amide bonds. The molecule has 0 spiro atoms. The molecule has 0 fully saturated rings. The van der Waals surface area contributed by atoms with E-state index in [2.05, 4.69) is 15.8 Å². The monoisotopic (exact) mass is 365 g/mol. The number of benzene rings is 1. The number of phenolic OH excluding ortho intramolecular Hbond substituents is 2. The molecule has 0 saturated carbocycles. The van der Waals surface area contributed by atoms with Gasteiger partial charge < -0.3 is 20.3 Å². The van der Waals surface area contributed by atoms with Crippen LogP contribution in [0.3, 0.4) is 0 Å². The summed E-state index contributed by atoms with van der Waals surface area (Å²) in [5.41, 5.74) is 1.99. The van der Waals surface area contributed by atoms with Crippen LogP contribution < -0.4 is 10.7 Å². The van der Waals surface area contributed by atoms with Gasteiger partial charge in [-0.25, -0.2) is 10.2 Å². The van der Waals surface area contributed by atoms with Gasteiger partial charge in [0.15, 0.2) is 0 Å². The molecule has 0 aliphatic heterocycles. The highest BCUT2D eigenvalue weighted by Gasteiger charge is 2.25. The number of amides is 2. The van der Waals surface area contributed by atoms with Crippen LogP contribution >= 0.6 is 0 Å². The first kappa shape index (κ1) is 21.3. The number of hydrogen-bond acceptors (Lipinski definition) is 6. The molecule has 1 aromatic rings. The third-order valence-electron chi connectivity index (χ3n) is 3.11. The maximum Gasteiger partial charge on any atom is 0.408 e. The van der Waals surface area contributed by atoms with Gasteiger partial charge in [0, 0.05) is 11.6 Å². The van der Waals surface area contributed by atoms with Crippen LogP contribution in [0, 0.1) is 5.92 Å². The van der Waals surface area contributed by atoms with E-state index in [1.807, 2.05) is 13.8 Å². The number of phenols is 2. The van der Waals surface area contributed by atoms with Crippen LogP contribution in [0.5, 0.6) is 11.5 Å². The molecular weight excluding hydrogens is 338 g/mol. The maximum atomic E-state index is 12.3. The molecule has 0 aliphatic carbocycles. The molecule has 0 heterocycles. The van der Waals surface area contributed by atoms with E-state index in [0.29, 0.717) is 12.0 Å². The summed E-state index contributed by atoms with van der Waals surface area (Å²) in [6.07, 6.45) is 0.968. The summed E-state index contributed by atoms with van der Waals surface area (Å²) in [4.78, 5) is 24.2. The van der Waals surface area contributed by atoms with Crippen LogP contribution in [0.15, 0.2) is 23.3 Å². The summed E-state index contributed by atoms with van der Waals surface area (Å²) in [6.45, 7) is 9.05. The summed E-state index contributed by atoms with van der Waals surface area (Å²) in [5, 5.41) is 25.2. The molecule has 0 radical (unpaired) electrons.